The molecule has 2 unspecified atom stereocenters. The maximum absolute atomic E-state index is 2.55. The second-order valence-electron chi connectivity index (χ2n) is 22.3. The molecule has 0 amide bonds. The lowest BCUT2D eigenvalue weighted by Crippen LogP contribution is -2.41. The number of nitrogens with zero attached hydrogens (tertiary/aromatic N) is 2. The molecular weight excluding hydrogens is 869 g/mol. The quantitative estimate of drug-likeness (QED) is 0.166. The Morgan fingerprint density at radius 1 is 0.278 bits per heavy atom. The zero-order chi connectivity index (χ0) is 48.5. The van der Waals surface area contributed by atoms with Crippen molar-refractivity contribution in [1.29, 1.82) is 0 Å². The summed E-state index contributed by atoms with van der Waals surface area (Å²) in [5.41, 5.74) is 24.9. The highest BCUT2D eigenvalue weighted by Crippen LogP contribution is 2.61. The molecule has 0 spiro atoms. The Balaban J connectivity index is 1.06. The van der Waals surface area contributed by atoms with Crippen molar-refractivity contribution < 1.29 is 0 Å². The second-order valence-corrected chi connectivity index (χ2v) is 22.3. The summed E-state index contributed by atoms with van der Waals surface area (Å²) in [7, 11) is 0. The van der Waals surface area contributed by atoms with Crippen LogP contribution in [0.2, 0.25) is 0 Å². The largest absolute Gasteiger partial charge is 0.309 e. The first-order valence-corrected chi connectivity index (χ1v) is 25.8. The summed E-state index contributed by atoms with van der Waals surface area (Å²) in [6.45, 7) is 14.5. The molecule has 0 fully saturated rings. The van der Waals surface area contributed by atoms with Gasteiger partial charge in [0.25, 0.3) is 0 Å². The van der Waals surface area contributed by atoms with Crippen molar-refractivity contribution in [1.82, 2.24) is 9.13 Å². The summed E-state index contributed by atoms with van der Waals surface area (Å²) >= 11 is 0. The minimum absolute atomic E-state index is 0.0700. The van der Waals surface area contributed by atoms with Gasteiger partial charge >= 0.3 is 0 Å². The van der Waals surface area contributed by atoms with Gasteiger partial charge in [0, 0.05) is 54.6 Å². The topological polar surface area (TPSA) is 9.86 Å². The van der Waals surface area contributed by atoms with Crippen LogP contribution in [0.25, 0.3) is 77.2 Å². The van der Waals surface area contributed by atoms with Crippen molar-refractivity contribution in [3.8, 4) is 33.6 Å². The highest BCUT2D eigenvalue weighted by molar-refractivity contribution is 6.16. The van der Waals surface area contributed by atoms with Gasteiger partial charge in [-0.25, -0.2) is 0 Å². The predicted octanol–water partition coefficient (Wildman–Crippen LogP) is 17.5. The van der Waals surface area contributed by atoms with Crippen LogP contribution < -0.4 is 0 Å². The number of fused-ring (bicyclic) bond motifs is 16. The van der Waals surface area contributed by atoms with E-state index in [0.717, 1.165) is 0 Å². The molecule has 0 aliphatic heterocycles. The van der Waals surface area contributed by atoms with E-state index in [1.54, 1.807) is 0 Å². The van der Waals surface area contributed by atoms with Crippen LogP contribution in [0.4, 0.5) is 0 Å². The Hall–Kier alpha value is -8.20. The van der Waals surface area contributed by atoms with Crippen LogP contribution in [0.5, 0.6) is 0 Å². The molecule has 2 aromatic heterocycles. The Bertz CT molecular complexity index is 4020. The average molecular weight is 923 g/mol. The molecule has 3 aliphatic carbocycles. The van der Waals surface area contributed by atoms with Gasteiger partial charge in [-0.1, -0.05) is 198 Å². The first-order chi connectivity index (χ1) is 35.0. The molecule has 10 aromatic carbocycles. The fourth-order valence-electron chi connectivity index (χ4n) is 14.7. The molecular formula is C70H54N2. The van der Waals surface area contributed by atoms with Crippen molar-refractivity contribution in [2.24, 2.45) is 0 Å². The summed E-state index contributed by atoms with van der Waals surface area (Å²) < 4.78 is 5.10. The second kappa shape index (κ2) is 14.2. The van der Waals surface area contributed by atoms with Crippen molar-refractivity contribution >= 4 is 43.6 Å². The third kappa shape index (κ3) is 5.09. The number of aromatic nitrogens is 2. The van der Waals surface area contributed by atoms with Gasteiger partial charge in [-0.15, -0.1) is 0 Å². The molecule has 0 N–H and O–H groups in total. The van der Waals surface area contributed by atoms with Crippen LogP contribution in [0, 0.1) is 0 Å². The summed E-state index contributed by atoms with van der Waals surface area (Å²) in [6.07, 6.45) is 0. The molecule has 3 aliphatic rings. The Kier molecular flexibility index (Phi) is 8.22. The van der Waals surface area contributed by atoms with Crippen LogP contribution in [-0.2, 0) is 21.7 Å². The van der Waals surface area contributed by atoms with Gasteiger partial charge in [0.1, 0.15) is 0 Å². The highest BCUT2D eigenvalue weighted by atomic mass is 15.0. The molecule has 15 rings (SSSR count). The van der Waals surface area contributed by atoms with Gasteiger partial charge in [-0.2, -0.15) is 0 Å². The molecule has 2 nitrogen and oxygen atoms in total. The van der Waals surface area contributed by atoms with Crippen molar-refractivity contribution in [2.75, 3.05) is 0 Å². The minimum Gasteiger partial charge on any atom is -0.309 e. The van der Waals surface area contributed by atoms with Crippen molar-refractivity contribution in [2.45, 2.75) is 63.2 Å². The first-order valence-electron chi connectivity index (χ1n) is 25.8. The van der Waals surface area contributed by atoms with E-state index in [-0.39, 0.29) is 10.8 Å². The van der Waals surface area contributed by atoms with E-state index in [1.165, 1.54) is 133 Å². The molecule has 12 aromatic rings. The molecule has 2 heterocycles. The van der Waals surface area contributed by atoms with Gasteiger partial charge in [0.15, 0.2) is 0 Å². The van der Waals surface area contributed by atoms with E-state index in [4.69, 9.17) is 0 Å². The Morgan fingerprint density at radius 3 is 1.06 bits per heavy atom. The van der Waals surface area contributed by atoms with E-state index in [2.05, 4.69) is 269 Å². The maximum atomic E-state index is 2.55. The Labute approximate surface area is 421 Å². The highest BCUT2D eigenvalue weighted by Gasteiger charge is 2.51. The van der Waals surface area contributed by atoms with E-state index < -0.39 is 10.8 Å². The van der Waals surface area contributed by atoms with E-state index in [1.807, 2.05) is 0 Å². The van der Waals surface area contributed by atoms with Crippen LogP contribution in [0.15, 0.2) is 218 Å². The Morgan fingerprint density at radius 2 is 0.625 bits per heavy atom. The standard InChI is InChI=1S/C70H54N2/c1-67(2)53-29-17-13-25-47(53)51-41-45(33-35-55(51)67)71-59-31-19-15-27-49(59)63-61(71)39-37-57-65(63)69(5,43-21-9-7-10-22-43)58-38-40-62-64(66(58)70(57,6)44-23-11-8-12-24-44)50-28-16-20-32-60(50)72(62)46-34-36-56-52(42-46)48-26-14-18-30-54(48)68(56,3)4/h7-42H,1-6H3. The first kappa shape index (κ1) is 41.6. The monoisotopic (exact) mass is 922 g/mol. The lowest BCUT2D eigenvalue weighted by atomic mass is 9.54. The SMILES string of the molecule is CC1(C)c2ccccc2-c2cc(-n3c4ccccc4c4c5c(ccc43)C(C)(c3ccccc3)c3c(ccc4c3c3ccccc3n4-c3ccc4c(c3)-c3ccccc3C4(C)C)C5(C)c3ccccc3)ccc21. The molecule has 2 atom stereocenters. The van der Waals surface area contributed by atoms with Crippen LogP contribution in [0.3, 0.4) is 0 Å². The van der Waals surface area contributed by atoms with Crippen LogP contribution in [0.1, 0.15) is 97.2 Å². The normalized spacial score (nSPS) is 18.8. The minimum atomic E-state index is -0.560. The molecule has 0 bridgehead atoms. The summed E-state index contributed by atoms with van der Waals surface area (Å²) in [5, 5.41) is 5.16. The van der Waals surface area contributed by atoms with E-state index >= 15 is 0 Å². The summed E-state index contributed by atoms with van der Waals surface area (Å²) in [5.74, 6) is 0. The van der Waals surface area contributed by atoms with Crippen LogP contribution in [-0.4, -0.2) is 9.13 Å². The van der Waals surface area contributed by atoms with E-state index in [0.29, 0.717) is 0 Å². The molecule has 2 heteroatoms. The smallest absolute Gasteiger partial charge is 0.0544 e. The fourth-order valence-corrected chi connectivity index (χ4v) is 14.7. The number of para-hydroxylation sites is 2. The lowest BCUT2D eigenvalue weighted by Gasteiger charge is -2.48. The van der Waals surface area contributed by atoms with Gasteiger partial charge < -0.3 is 9.13 Å². The van der Waals surface area contributed by atoms with Gasteiger partial charge in [-0.3, -0.25) is 0 Å². The molecule has 72 heavy (non-hydrogen) atoms. The lowest BCUT2D eigenvalue weighted by molar-refractivity contribution is 0.577. The third-order valence-electron chi connectivity index (χ3n) is 18.1. The number of benzene rings is 10. The average Bonchev–Trinajstić information content (AvgIpc) is 4.09. The van der Waals surface area contributed by atoms with Gasteiger partial charge in [0.2, 0.25) is 0 Å². The maximum Gasteiger partial charge on any atom is 0.0544 e. The van der Waals surface area contributed by atoms with Gasteiger partial charge in [-0.05, 0) is 140 Å². The zero-order valence-corrected chi connectivity index (χ0v) is 41.7. The number of hydrogen-bond donors (Lipinski definition) is 0. The number of hydrogen-bond acceptors (Lipinski definition) is 0. The molecule has 0 saturated carbocycles. The molecule has 0 saturated heterocycles. The van der Waals surface area contributed by atoms with Crippen LogP contribution >= 0.6 is 0 Å². The van der Waals surface area contributed by atoms with Crippen molar-refractivity contribution in [3.63, 3.8) is 0 Å². The zero-order valence-electron chi connectivity index (χ0n) is 41.7. The predicted molar refractivity (Wildman–Crippen MR) is 301 cm³/mol. The van der Waals surface area contributed by atoms with Gasteiger partial charge in [0.05, 0.1) is 22.1 Å². The molecule has 0 radical (unpaired) electrons. The number of rotatable bonds is 4. The summed E-state index contributed by atoms with van der Waals surface area (Å²) in [6, 6.07) is 83.4. The van der Waals surface area contributed by atoms with E-state index in [9.17, 15) is 0 Å². The third-order valence-corrected chi connectivity index (χ3v) is 18.1. The fraction of sp³-hybridized carbons (Fsp3) is 0.143. The summed E-state index contributed by atoms with van der Waals surface area (Å²) in [4.78, 5) is 0. The van der Waals surface area contributed by atoms with Crippen molar-refractivity contribution in [3.05, 3.63) is 274 Å². The molecule has 344 valence electrons.